The second-order valence-corrected chi connectivity index (χ2v) is 4.52. The summed E-state index contributed by atoms with van der Waals surface area (Å²) in [4.78, 5) is 22.6. The molecule has 3 N–H and O–H groups in total. The molecule has 0 saturated heterocycles. The predicted octanol–water partition coefficient (Wildman–Crippen LogP) is 1.89. The number of aliphatic hydroxyl groups excluding tert-OH is 1. The zero-order valence-corrected chi connectivity index (χ0v) is 11.7. The number of aromatic carboxylic acids is 1. The summed E-state index contributed by atoms with van der Waals surface area (Å²) < 4.78 is 5.31. The lowest BCUT2D eigenvalue weighted by molar-refractivity contribution is -0.118. The number of carboxylic acids is 1. The molecule has 0 bridgehead atoms. The van der Waals surface area contributed by atoms with Crippen LogP contribution in [0, 0.1) is 0 Å². The fourth-order valence-corrected chi connectivity index (χ4v) is 1.77. The predicted molar refractivity (Wildman–Crippen MR) is 79.9 cm³/mol. The maximum absolute atomic E-state index is 11.8. The first-order valence-corrected chi connectivity index (χ1v) is 6.54. The van der Waals surface area contributed by atoms with Crippen molar-refractivity contribution in [1.29, 1.82) is 0 Å². The van der Waals surface area contributed by atoms with Gasteiger partial charge in [0.15, 0.2) is 6.61 Å². The van der Waals surface area contributed by atoms with Gasteiger partial charge in [0.05, 0.1) is 12.2 Å². The molecule has 2 aromatic rings. The van der Waals surface area contributed by atoms with Crippen LogP contribution >= 0.6 is 0 Å². The van der Waals surface area contributed by atoms with Gasteiger partial charge < -0.3 is 20.3 Å². The molecule has 0 fully saturated rings. The quantitative estimate of drug-likeness (QED) is 0.757. The van der Waals surface area contributed by atoms with E-state index in [0.717, 1.165) is 5.56 Å². The highest BCUT2D eigenvalue weighted by atomic mass is 16.5. The number of hydrogen-bond donors (Lipinski definition) is 3. The van der Waals surface area contributed by atoms with Gasteiger partial charge in [-0.3, -0.25) is 4.79 Å². The lowest BCUT2D eigenvalue weighted by Gasteiger charge is -2.08. The highest BCUT2D eigenvalue weighted by Gasteiger charge is 2.07. The number of carboxylic acid groups (broad SMARTS) is 1. The maximum Gasteiger partial charge on any atom is 0.335 e. The molecule has 0 atom stereocenters. The van der Waals surface area contributed by atoms with Crippen LogP contribution in [0.15, 0.2) is 48.5 Å². The summed E-state index contributed by atoms with van der Waals surface area (Å²) in [5.41, 5.74) is 1.24. The molecule has 22 heavy (non-hydrogen) atoms. The van der Waals surface area contributed by atoms with Crippen LogP contribution in [0.4, 0.5) is 5.69 Å². The highest BCUT2D eigenvalue weighted by Crippen LogP contribution is 2.13. The van der Waals surface area contributed by atoms with Gasteiger partial charge in [0, 0.05) is 5.69 Å². The van der Waals surface area contributed by atoms with Crippen molar-refractivity contribution in [3.8, 4) is 5.75 Å². The van der Waals surface area contributed by atoms with Crippen LogP contribution in [0.2, 0.25) is 0 Å². The smallest absolute Gasteiger partial charge is 0.335 e. The Morgan fingerprint density at radius 3 is 2.45 bits per heavy atom. The summed E-state index contributed by atoms with van der Waals surface area (Å²) in [7, 11) is 0. The van der Waals surface area contributed by atoms with Crippen LogP contribution in [0.1, 0.15) is 15.9 Å². The summed E-state index contributed by atoms with van der Waals surface area (Å²) >= 11 is 0. The molecule has 0 spiro atoms. The summed E-state index contributed by atoms with van der Waals surface area (Å²) in [5.74, 6) is -0.947. The third-order valence-corrected chi connectivity index (χ3v) is 2.87. The molecule has 0 aliphatic carbocycles. The van der Waals surface area contributed by atoms with E-state index in [1.54, 1.807) is 36.4 Å². The average molecular weight is 301 g/mol. The fraction of sp³-hybridized carbons (Fsp3) is 0.125. The third kappa shape index (κ3) is 4.32. The Kier molecular flexibility index (Phi) is 5.11. The van der Waals surface area contributed by atoms with Crippen molar-refractivity contribution in [2.45, 2.75) is 6.61 Å². The van der Waals surface area contributed by atoms with Gasteiger partial charge in [0.2, 0.25) is 0 Å². The molecule has 0 radical (unpaired) electrons. The van der Waals surface area contributed by atoms with Gasteiger partial charge in [-0.25, -0.2) is 4.79 Å². The van der Waals surface area contributed by atoms with Crippen LogP contribution in [-0.4, -0.2) is 28.7 Å². The molecule has 0 aromatic heterocycles. The van der Waals surface area contributed by atoms with Crippen molar-refractivity contribution >= 4 is 17.6 Å². The molecule has 0 unspecified atom stereocenters. The van der Waals surface area contributed by atoms with Gasteiger partial charge in [-0.2, -0.15) is 0 Å². The molecular weight excluding hydrogens is 286 g/mol. The van der Waals surface area contributed by atoms with Crippen molar-refractivity contribution in [2.75, 3.05) is 11.9 Å². The molecule has 0 aliphatic heterocycles. The van der Waals surface area contributed by atoms with Crippen LogP contribution in [-0.2, 0) is 11.4 Å². The van der Waals surface area contributed by atoms with Gasteiger partial charge in [0.25, 0.3) is 5.91 Å². The number of hydrogen-bond acceptors (Lipinski definition) is 4. The molecule has 0 heterocycles. The van der Waals surface area contributed by atoms with Crippen LogP contribution in [0.5, 0.6) is 5.75 Å². The summed E-state index contributed by atoms with van der Waals surface area (Å²) in [5, 5.41) is 20.4. The normalized spacial score (nSPS) is 10.0. The minimum absolute atomic E-state index is 0.0549. The number of rotatable bonds is 6. The number of carbonyl (C=O) groups excluding carboxylic acids is 1. The Balaban J connectivity index is 1.89. The van der Waals surface area contributed by atoms with E-state index in [0.29, 0.717) is 11.4 Å². The van der Waals surface area contributed by atoms with Crippen molar-refractivity contribution in [2.24, 2.45) is 0 Å². The molecular formula is C16H15NO5. The first kappa shape index (κ1) is 15.5. The van der Waals surface area contributed by atoms with Crippen LogP contribution < -0.4 is 10.1 Å². The van der Waals surface area contributed by atoms with Crippen LogP contribution in [0.25, 0.3) is 0 Å². The van der Waals surface area contributed by atoms with Crippen molar-refractivity contribution in [1.82, 2.24) is 0 Å². The maximum atomic E-state index is 11.8. The van der Waals surface area contributed by atoms with Crippen LogP contribution in [0.3, 0.4) is 0 Å². The number of anilines is 1. The lowest BCUT2D eigenvalue weighted by Crippen LogP contribution is -2.20. The number of nitrogens with one attached hydrogen (secondary N) is 1. The van der Waals surface area contributed by atoms with E-state index in [4.69, 9.17) is 14.9 Å². The SMILES string of the molecule is O=C(COc1ccc(CO)cc1)Nc1cccc(C(=O)O)c1. The first-order valence-electron chi connectivity index (χ1n) is 6.54. The zero-order chi connectivity index (χ0) is 15.9. The highest BCUT2D eigenvalue weighted by molar-refractivity contribution is 5.94. The Hall–Kier alpha value is -2.86. The molecule has 1 amide bonds. The van der Waals surface area contributed by atoms with Gasteiger partial charge >= 0.3 is 5.97 Å². The Labute approximate surface area is 127 Å². The largest absolute Gasteiger partial charge is 0.484 e. The topological polar surface area (TPSA) is 95.9 Å². The molecule has 2 aromatic carbocycles. The molecule has 0 aliphatic rings. The minimum Gasteiger partial charge on any atom is -0.484 e. The summed E-state index contributed by atoms with van der Waals surface area (Å²) in [6.07, 6.45) is 0. The zero-order valence-electron chi connectivity index (χ0n) is 11.7. The van der Waals surface area contributed by atoms with Gasteiger partial charge in [-0.05, 0) is 35.9 Å². The van der Waals surface area contributed by atoms with Crippen molar-refractivity contribution in [3.63, 3.8) is 0 Å². The molecule has 114 valence electrons. The number of aliphatic hydroxyl groups is 1. The summed E-state index contributed by atoms with van der Waals surface area (Å²) in [6.45, 7) is -0.254. The van der Waals surface area contributed by atoms with E-state index < -0.39 is 11.9 Å². The first-order chi connectivity index (χ1) is 10.6. The number of carbonyl (C=O) groups is 2. The number of ether oxygens (including phenoxy) is 1. The number of benzene rings is 2. The monoisotopic (exact) mass is 301 g/mol. The van der Waals surface area contributed by atoms with Gasteiger partial charge in [0.1, 0.15) is 5.75 Å². The van der Waals surface area contributed by atoms with Gasteiger partial charge in [-0.15, -0.1) is 0 Å². The van der Waals surface area contributed by atoms with Gasteiger partial charge in [-0.1, -0.05) is 18.2 Å². The van der Waals surface area contributed by atoms with E-state index in [-0.39, 0.29) is 18.8 Å². The van der Waals surface area contributed by atoms with E-state index in [9.17, 15) is 9.59 Å². The fourth-order valence-electron chi connectivity index (χ4n) is 1.77. The molecule has 6 heteroatoms. The minimum atomic E-state index is -1.06. The standard InChI is InChI=1S/C16H15NO5/c18-9-11-4-6-14(7-5-11)22-10-15(19)17-13-3-1-2-12(8-13)16(20)21/h1-8,18H,9-10H2,(H,17,19)(H,20,21). The number of amides is 1. The van der Waals surface area contributed by atoms with Crippen molar-refractivity contribution < 1.29 is 24.5 Å². The Bertz CT molecular complexity index is 666. The third-order valence-electron chi connectivity index (χ3n) is 2.87. The Morgan fingerprint density at radius 1 is 1.09 bits per heavy atom. The lowest BCUT2D eigenvalue weighted by atomic mass is 10.2. The van der Waals surface area contributed by atoms with E-state index in [1.807, 2.05) is 0 Å². The summed E-state index contributed by atoms with van der Waals surface area (Å²) in [6, 6.07) is 12.7. The molecule has 6 nitrogen and oxygen atoms in total. The van der Waals surface area contributed by atoms with E-state index in [1.165, 1.54) is 12.1 Å². The molecule has 2 rings (SSSR count). The second-order valence-electron chi connectivity index (χ2n) is 4.52. The van der Waals surface area contributed by atoms with E-state index in [2.05, 4.69) is 5.32 Å². The van der Waals surface area contributed by atoms with Crippen molar-refractivity contribution in [3.05, 3.63) is 59.7 Å². The van der Waals surface area contributed by atoms with E-state index >= 15 is 0 Å². The molecule has 0 saturated carbocycles. The second kappa shape index (κ2) is 7.24. The Morgan fingerprint density at radius 2 is 1.82 bits per heavy atom. The average Bonchev–Trinajstić information content (AvgIpc) is 2.53.